The van der Waals surface area contributed by atoms with E-state index in [1.807, 2.05) is 0 Å². The van der Waals surface area contributed by atoms with Gasteiger partial charge in [-0.15, -0.1) is 0 Å². The van der Waals surface area contributed by atoms with Gasteiger partial charge in [-0.3, -0.25) is 4.79 Å². The highest BCUT2D eigenvalue weighted by molar-refractivity contribution is 6.00. The van der Waals surface area contributed by atoms with Gasteiger partial charge in [0.15, 0.2) is 0 Å². The van der Waals surface area contributed by atoms with E-state index in [1.165, 1.54) is 24.1 Å². The van der Waals surface area contributed by atoms with Crippen molar-refractivity contribution in [2.75, 3.05) is 41.3 Å². The number of fused-ring (bicyclic) bond motifs is 1. The number of alkyl halides is 6. The minimum Gasteiger partial charge on any atom is -0.393 e. The van der Waals surface area contributed by atoms with Gasteiger partial charge >= 0.3 is 12.4 Å². The fraction of sp³-hybridized carbons (Fsp3) is 0.409. The molecule has 3 heterocycles. The Kier molecular flexibility index (Phi) is 6.73. The molecule has 3 N–H and O–H groups in total. The Morgan fingerprint density at radius 2 is 1.78 bits per heavy atom. The highest BCUT2D eigenvalue weighted by Gasteiger charge is 2.37. The van der Waals surface area contributed by atoms with Crippen LogP contribution < -0.4 is 15.1 Å². The summed E-state index contributed by atoms with van der Waals surface area (Å²) in [6, 6.07) is 3.81. The minimum atomic E-state index is -4.69. The number of rotatable bonds is 5. The standard InChI is InChI=1S/C22H22F6N6O2/c1-12(35)9-17(36)30-15-10-13(21(23,24)25)11-16-18(15)32-20(31-16)34-7-5-33(6-8-34)19-14(22(26,27)28)3-2-4-29-19/h2-4,10-12,35H,5-9H2,1H3,(H,30,36)(H,31,32). The van der Waals surface area contributed by atoms with Crippen LogP contribution in [0.4, 0.5) is 43.8 Å². The van der Waals surface area contributed by atoms with Crippen LogP contribution in [-0.4, -0.2) is 58.2 Å². The molecule has 8 nitrogen and oxygen atoms in total. The second-order valence-corrected chi connectivity index (χ2v) is 8.43. The summed E-state index contributed by atoms with van der Waals surface area (Å²) in [6.45, 7) is 2.16. The van der Waals surface area contributed by atoms with Crippen molar-refractivity contribution in [2.24, 2.45) is 0 Å². The van der Waals surface area contributed by atoms with Gasteiger partial charge in [0.25, 0.3) is 0 Å². The molecule has 194 valence electrons. The summed E-state index contributed by atoms with van der Waals surface area (Å²) in [4.78, 5) is 26.4. The van der Waals surface area contributed by atoms with Crippen molar-refractivity contribution in [3.05, 3.63) is 41.6 Å². The number of H-pyrrole nitrogens is 1. The summed E-state index contributed by atoms with van der Waals surface area (Å²) < 4.78 is 80.4. The molecule has 0 spiro atoms. The quantitative estimate of drug-likeness (QED) is 0.443. The summed E-state index contributed by atoms with van der Waals surface area (Å²) in [5.41, 5.74) is -1.91. The van der Waals surface area contributed by atoms with Gasteiger partial charge in [-0.1, -0.05) is 0 Å². The third kappa shape index (κ3) is 5.48. The number of carbonyl (C=O) groups is 1. The number of carbonyl (C=O) groups excluding carboxylic acids is 1. The summed E-state index contributed by atoms with van der Waals surface area (Å²) >= 11 is 0. The van der Waals surface area contributed by atoms with Gasteiger partial charge in [0, 0.05) is 32.4 Å². The number of amides is 1. The van der Waals surface area contributed by atoms with Crippen LogP contribution in [-0.2, 0) is 17.1 Å². The van der Waals surface area contributed by atoms with Gasteiger partial charge < -0.3 is 25.2 Å². The predicted molar refractivity (Wildman–Crippen MR) is 120 cm³/mol. The molecule has 0 radical (unpaired) electrons. The number of nitrogens with zero attached hydrogens (tertiary/aromatic N) is 4. The van der Waals surface area contributed by atoms with Crippen molar-refractivity contribution in [2.45, 2.75) is 31.8 Å². The van der Waals surface area contributed by atoms with Crippen LogP contribution in [0.5, 0.6) is 0 Å². The molecule has 1 aliphatic heterocycles. The lowest BCUT2D eigenvalue weighted by Gasteiger charge is -2.36. The molecule has 4 rings (SSSR count). The number of anilines is 3. The average molecular weight is 516 g/mol. The molecule has 3 aromatic rings. The Hall–Kier alpha value is -3.55. The predicted octanol–water partition coefficient (Wildman–Crippen LogP) is 4.03. The van der Waals surface area contributed by atoms with E-state index in [9.17, 15) is 36.2 Å². The molecule has 36 heavy (non-hydrogen) atoms. The zero-order chi connectivity index (χ0) is 26.3. The molecule has 1 fully saturated rings. The van der Waals surface area contributed by atoms with E-state index in [0.717, 1.165) is 18.2 Å². The Balaban J connectivity index is 1.59. The van der Waals surface area contributed by atoms with Crippen LogP contribution in [0.2, 0.25) is 0 Å². The first kappa shape index (κ1) is 25.5. The largest absolute Gasteiger partial charge is 0.419 e. The Bertz CT molecular complexity index is 1250. The summed E-state index contributed by atoms with van der Waals surface area (Å²) in [6.07, 6.45) is -9.28. The maximum Gasteiger partial charge on any atom is 0.419 e. The van der Waals surface area contributed by atoms with Crippen LogP contribution >= 0.6 is 0 Å². The summed E-state index contributed by atoms with van der Waals surface area (Å²) in [5.74, 6) is -0.654. The lowest BCUT2D eigenvalue weighted by atomic mass is 10.1. The number of halogens is 6. The number of aromatic amines is 1. The van der Waals surface area contributed by atoms with E-state index in [2.05, 4.69) is 20.3 Å². The first-order valence-electron chi connectivity index (χ1n) is 10.9. The maximum absolute atomic E-state index is 13.4. The molecule has 1 saturated heterocycles. The molecule has 1 atom stereocenters. The van der Waals surface area contributed by atoms with Crippen molar-refractivity contribution < 1.29 is 36.2 Å². The van der Waals surface area contributed by atoms with E-state index in [1.54, 1.807) is 4.90 Å². The maximum atomic E-state index is 13.4. The van der Waals surface area contributed by atoms with Crippen LogP contribution in [0.15, 0.2) is 30.5 Å². The first-order chi connectivity index (χ1) is 16.8. The normalized spacial score (nSPS) is 15.9. The second kappa shape index (κ2) is 9.48. The van der Waals surface area contributed by atoms with E-state index in [-0.39, 0.29) is 61.1 Å². The number of aliphatic hydroxyl groups excluding tert-OH is 1. The smallest absolute Gasteiger partial charge is 0.393 e. The van der Waals surface area contributed by atoms with Gasteiger partial charge in [-0.25, -0.2) is 9.97 Å². The fourth-order valence-corrected chi connectivity index (χ4v) is 3.98. The van der Waals surface area contributed by atoms with Crippen LogP contribution in [0.1, 0.15) is 24.5 Å². The van der Waals surface area contributed by atoms with E-state index < -0.39 is 35.5 Å². The lowest BCUT2D eigenvalue weighted by molar-refractivity contribution is -0.138. The van der Waals surface area contributed by atoms with E-state index in [0.29, 0.717) is 0 Å². The number of hydrogen-bond acceptors (Lipinski definition) is 6. The molecule has 0 bridgehead atoms. The van der Waals surface area contributed by atoms with Gasteiger partial charge in [-0.05, 0) is 31.2 Å². The van der Waals surface area contributed by atoms with Gasteiger partial charge in [-0.2, -0.15) is 26.3 Å². The monoisotopic (exact) mass is 516 g/mol. The topological polar surface area (TPSA) is 97.4 Å². The zero-order valence-electron chi connectivity index (χ0n) is 18.9. The van der Waals surface area contributed by atoms with Gasteiger partial charge in [0.05, 0.1) is 34.9 Å². The van der Waals surface area contributed by atoms with Crippen molar-refractivity contribution in [3.8, 4) is 0 Å². The van der Waals surface area contributed by atoms with Crippen LogP contribution in [0.25, 0.3) is 11.0 Å². The fourth-order valence-electron chi connectivity index (χ4n) is 3.98. The van der Waals surface area contributed by atoms with Crippen LogP contribution in [0.3, 0.4) is 0 Å². The molecule has 14 heteroatoms. The van der Waals surface area contributed by atoms with Gasteiger partial charge in [0.2, 0.25) is 11.9 Å². The molecule has 1 aliphatic rings. The van der Waals surface area contributed by atoms with E-state index >= 15 is 0 Å². The van der Waals surface area contributed by atoms with Crippen molar-refractivity contribution in [3.63, 3.8) is 0 Å². The zero-order valence-corrected chi connectivity index (χ0v) is 18.9. The number of nitrogens with one attached hydrogen (secondary N) is 2. The lowest BCUT2D eigenvalue weighted by Crippen LogP contribution is -2.47. The molecule has 2 aromatic heterocycles. The van der Waals surface area contributed by atoms with Crippen molar-refractivity contribution in [1.82, 2.24) is 15.0 Å². The Labute approximate surface area is 200 Å². The molecule has 1 unspecified atom stereocenters. The SMILES string of the molecule is CC(O)CC(=O)Nc1cc(C(F)(F)F)cc2[nH]c(N3CCN(c4ncccc4C(F)(F)F)CC3)nc12. The molecule has 1 aromatic carbocycles. The molecule has 0 saturated carbocycles. The number of imidazole rings is 1. The first-order valence-corrected chi connectivity index (χ1v) is 10.9. The molecular weight excluding hydrogens is 494 g/mol. The number of aromatic nitrogens is 3. The number of pyridine rings is 1. The number of piperazine rings is 1. The van der Waals surface area contributed by atoms with Crippen molar-refractivity contribution in [1.29, 1.82) is 0 Å². The highest BCUT2D eigenvalue weighted by Crippen LogP contribution is 2.37. The minimum absolute atomic E-state index is 0.0266. The average Bonchev–Trinajstić information content (AvgIpc) is 3.22. The third-order valence-corrected chi connectivity index (χ3v) is 5.63. The van der Waals surface area contributed by atoms with Crippen molar-refractivity contribution >= 4 is 34.4 Å². The third-order valence-electron chi connectivity index (χ3n) is 5.63. The summed E-state index contributed by atoms with van der Waals surface area (Å²) in [7, 11) is 0. The van der Waals surface area contributed by atoms with Gasteiger partial charge in [0.1, 0.15) is 11.3 Å². The number of aliphatic hydroxyl groups is 1. The Morgan fingerprint density at radius 3 is 2.39 bits per heavy atom. The molecule has 0 aliphatic carbocycles. The van der Waals surface area contributed by atoms with E-state index in [4.69, 9.17) is 0 Å². The second-order valence-electron chi connectivity index (χ2n) is 8.43. The molecular formula is C22H22F6N6O2. The number of benzene rings is 1. The highest BCUT2D eigenvalue weighted by atomic mass is 19.4. The Morgan fingerprint density at radius 1 is 1.11 bits per heavy atom. The summed E-state index contributed by atoms with van der Waals surface area (Å²) in [5, 5.41) is 11.8. The molecule has 1 amide bonds. The van der Waals surface area contributed by atoms with Crippen LogP contribution in [0, 0.1) is 0 Å². The number of hydrogen-bond donors (Lipinski definition) is 3.